The first-order valence-electron chi connectivity index (χ1n) is 23.9. The zero-order chi connectivity index (χ0) is 46.5. The Morgan fingerprint density at radius 1 is 0.985 bits per heavy atom. The number of likely N-dealkylation sites (tertiary alicyclic amines) is 1. The van der Waals surface area contributed by atoms with E-state index in [9.17, 15) is 32.8 Å². The van der Waals surface area contributed by atoms with Gasteiger partial charge in [-0.25, -0.2) is 23.1 Å². The van der Waals surface area contributed by atoms with Crippen LogP contribution in [0.4, 0.5) is 20.3 Å². The van der Waals surface area contributed by atoms with Gasteiger partial charge in [0.25, 0.3) is 12.3 Å². The van der Waals surface area contributed by atoms with Crippen LogP contribution in [0.5, 0.6) is 0 Å². The molecule has 2 bridgehead atoms. The number of hydrogen-bond donors (Lipinski definition) is 2. The minimum absolute atomic E-state index is 0.0216. The summed E-state index contributed by atoms with van der Waals surface area (Å²) < 4.78 is 40.8. The maximum Gasteiger partial charge on any atom is 0.329 e. The highest BCUT2D eigenvalue weighted by Crippen LogP contribution is 2.38. The number of aryl methyl sites for hydroxylation is 2. The maximum absolute atomic E-state index is 14.4. The van der Waals surface area contributed by atoms with Crippen LogP contribution in [0.1, 0.15) is 118 Å². The van der Waals surface area contributed by atoms with E-state index < -0.39 is 30.0 Å². The van der Waals surface area contributed by atoms with E-state index in [1.54, 1.807) is 22.5 Å². The quantitative estimate of drug-likeness (QED) is 0.155. The van der Waals surface area contributed by atoms with Crippen molar-refractivity contribution in [1.29, 1.82) is 0 Å². The second kappa shape index (κ2) is 18.6. The minimum atomic E-state index is -2.88. The summed E-state index contributed by atoms with van der Waals surface area (Å²) in [6.07, 6.45) is 10.3. The topological polar surface area (TPSA) is 186 Å². The Morgan fingerprint density at radius 2 is 1.76 bits per heavy atom. The molecule has 0 spiro atoms. The van der Waals surface area contributed by atoms with E-state index in [2.05, 4.69) is 37.6 Å². The van der Waals surface area contributed by atoms with Crippen molar-refractivity contribution in [2.75, 3.05) is 49.5 Å². The Morgan fingerprint density at radius 3 is 2.51 bits per heavy atom. The monoisotopic (exact) mass is 924 g/mol. The van der Waals surface area contributed by atoms with E-state index in [-0.39, 0.29) is 53.7 Å². The van der Waals surface area contributed by atoms with E-state index in [4.69, 9.17) is 9.72 Å². The molecule has 0 radical (unpaired) electrons. The van der Waals surface area contributed by atoms with Crippen LogP contribution in [-0.2, 0) is 32.6 Å². The highest BCUT2D eigenvalue weighted by atomic mass is 19.3. The number of fused-ring (bicyclic) bond motifs is 4. The number of piperazine rings is 1. The molecule has 18 nitrogen and oxygen atoms in total. The van der Waals surface area contributed by atoms with Crippen LogP contribution in [0.3, 0.4) is 0 Å². The molecule has 67 heavy (non-hydrogen) atoms. The fourth-order valence-electron chi connectivity index (χ4n) is 11.3. The van der Waals surface area contributed by atoms with Crippen LogP contribution in [0.25, 0.3) is 16.7 Å². The Balaban J connectivity index is 0.718. The summed E-state index contributed by atoms with van der Waals surface area (Å²) in [5.41, 5.74) is 2.04. The van der Waals surface area contributed by atoms with Gasteiger partial charge in [0.05, 0.1) is 41.7 Å². The lowest BCUT2D eigenvalue weighted by atomic mass is 9.85. The summed E-state index contributed by atoms with van der Waals surface area (Å²) in [6.45, 7) is 6.32. The van der Waals surface area contributed by atoms with Crippen molar-refractivity contribution in [3.8, 4) is 0 Å². The number of nitrogens with one attached hydrogen (secondary N) is 2. The molecule has 356 valence electrons. The van der Waals surface area contributed by atoms with Gasteiger partial charge in [-0.15, -0.1) is 0 Å². The summed E-state index contributed by atoms with van der Waals surface area (Å²) in [7, 11) is 1.69. The van der Waals surface area contributed by atoms with Crippen LogP contribution in [0.15, 0.2) is 47.7 Å². The van der Waals surface area contributed by atoms with Crippen molar-refractivity contribution < 1.29 is 32.7 Å². The smallest absolute Gasteiger partial charge is 0.329 e. The molecular weight excluding hydrogens is 867 g/mol. The number of carbonyl (C=O) groups is 4. The van der Waals surface area contributed by atoms with Gasteiger partial charge >= 0.3 is 5.69 Å². The number of piperidine rings is 1. The Bertz CT molecular complexity index is 2740. The SMILES string of the molecule is CC[C@@H]1CN(c2ccn3ncc(C(=O)Nc4cn(C5CCC(CN6[C@@H]7CC[C@H]6CN(C(=O)CCCc6cccc8c6n(C)c(=O)n8C6CCC(=O)NC6=O)C7)CC5)nc4C(F)F)c3n2)CCO1. The number of imide groups is 1. The van der Waals surface area contributed by atoms with Gasteiger partial charge in [0.1, 0.15) is 17.4 Å². The summed E-state index contributed by atoms with van der Waals surface area (Å²) in [4.78, 5) is 76.6. The second-order valence-corrected chi connectivity index (χ2v) is 19.0. The number of para-hydroxylation sites is 1. The van der Waals surface area contributed by atoms with Crippen molar-refractivity contribution in [2.24, 2.45) is 13.0 Å². The number of ether oxygens (including phenoxy) is 1. The average Bonchev–Trinajstić information content (AvgIpc) is 4.07. The molecular formula is C47H58F2N12O6. The van der Waals surface area contributed by atoms with Crippen LogP contribution in [0, 0.1) is 5.92 Å². The van der Waals surface area contributed by atoms with Crippen LogP contribution in [-0.4, -0.2) is 124 Å². The normalized spacial score (nSPS) is 24.9. The molecule has 4 amide bonds. The molecule has 10 rings (SSSR count). The van der Waals surface area contributed by atoms with E-state index in [1.807, 2.05) is 29.2 Å². The number of anilines is 2. The highest BCUT2D eigenvalue weighted by Gasteiger charge is 2.42. The van der Waals surface area contributed by atoms with Crippen molar-refractivity contribution in [3.63, 3.8) is 0 Å². The van der Waals surface area contributed by atoms with Gasteiger partial charge in [-0.3, -0.25) is 43.2 Å². The van der Waals surface area contributed by atoms with Gasteiger partial charge < -0.3 is 19.9 Å². The third kappa shape index (κ3) is 8.73. The van der Waals surface area contributed by atoms with E-state index in [0.29, 0.717) is 87.0 Å². The molecule has 1 unspecified atom stereocenters. The predicted molar refractivity (Wildman–Crippen MR) is 243 cm³/mol. The molecule has 2 N–H and O–H groups in total. The number of amides is 4. The number of rotatable bonds is 13. The predicted octanol–water partition coefficient (Wildman–Crippen LogP) is 4.79. The molecule has 4 aliphatic heterocycles. The fraction of sp³-hybridized carbons (Fsp3) is 0.574. The highest BCUT2D eigenvalue weighted by molar-refractivity contribution is 6.08. The largest absolute Gasteiger partial charge is 0.375 e. The Kier molecular flexibility index (Phi) is 12.4. The zero-order valence-corrected chi connectivity index (χ0v) is 38.0. The van der Waals surface area contributed by atoms with Crippen molar-refractivity contribution in [2.45, 2.75) is 121 Å². The van der Waals surface area contributed by atoms with E-state index >= 15 is 0 Å². The Labute approximate surface area is 385 Å². The van der Waals surface area contributed by atoms with Crippen molar-refractivity contribution in [1.82, 2.24) is 48.6 Å². The van der Waals surface area contributed by atoms with Crippen LogP contribution in [0.2, 0.25) is 0 Å². The number of aromatic nitrogens is 7. The number of benzene rings is 1. The van der Waals surface area contributed by atoms with Crippen molar-refractivity contribution in [3.05, 3.63) is 70.2 Å². The number of hydrogen-bond acceptors (Lipinski definition) is 11. The van der Waals surface area contributed by atoms with E-state index in [0.717, 1.165) is 62.6 Å². The standard InChI is InChI=1S/C47H58F2N12O6/c1-3-33-26-56(20-21-67-33)38-18-19-59-44(52-38)34(22-50-59)45(64)51-35-27-60(54-41(35)43(48)49)30-12-10-28(11-13-30)23-58-31-14-15-32(58)25-57(24-31)40(63)9-5-7-29-6-4-8-36-42(29)55(2)47(66)61(36)37-16-17-39(62)53-46(37)65/h4,6,8,18-19,22,27-28,30-33,37,43H,3,5,7,9-17,20-21,23-26H2,1-2H3,(H,51,64)(H,53,62,65)/t28?,30?,31-,32+,33-,37?/m1/s1. The molecule has 4 atom stereocenters. The molecule has 1 aliphatic carbocycles. The summed E-state index contributed by atoms with van der Waals surface area (Å²) >= 11 is 0. The summed E-state index contributed by atoms with van der Waals surface area (Å²) in [6, 6.07) is 7.27. The lowest BCUT2D eigenvalue weighted by Crippen LogP contribution is -2.56. The number of alkyl halides is 2. The Hall–Kier alpha value is -6.02. The van der Waals surface area contributed by atoms with Crippen LogP contribution >= 0.6 is 0 Å². The molecule has 1 aromatic carbocycles. The number of halogens is 2. The fourth-order valence-corrected chi connectivity index (χ4v) is 11.3. The first kappa shape index (κ1) is 44.8. The molecule has 20 heteroatoms. The van der Waals surface area contributed by atoms with Crippen molar-refractivity contribution >= 4 is 51.8 Å². The first-order chi connectivity index (χ1) is 32.4. The third-order valence-corrected chi connectivity index (χ3v) is 14.9. The van der Waals surface area contributed by atoms with Crippen LogP contribution < -0.4 is 21.2 Å². The zero-order valence-electron chi connectivity index (χ0n) is 38.0. The van der Waals surface area contributed by atoms with E-state index in [1.165, 1.54) is 21.5 Å². The summed E-state index contributed by atoms with van der Waals surface area (Å²) in [5, 5.41) is 13.7. The molecule has 5 aliphatic rings. The molecule has 4 saturated heterocycles. The molecule has 4 aromatic heterocycles. The third-order valence-electron chi connectivity index (χ3n) is 14.9. The number of morpholine rings is 1. The number of carbonyl (C=O) groups excluding carboxylic acids is 4. The number of imidazole rings is 1. The molecule has 8 heterocycles. The lowest BCUT2D eigenvalue weighted by Gasteiger charge is -2.43. The maximum atomic E-state index is 14.4. The molecule has 5 fully saturated rings. The average molecular weight is 925 g/mol. The van der Waals surface area contributed by atoms with Gasteiger partial charge in [-0.2, -0.15) is 10.2 Å². The molecule has 1 saturated carbocycles. The second-order valence-electron chi connectivity index (χ2n) is 19.0. The van der Waals surface area contributed by atoms with Gasteiger partial charge in [-0.1, -0.05) is 19.1 Å². The van der Waals surface area contributed by atoms with Gasteiger partial charge in [0.2, 0.25) is 17.7 Å². The first-order valence-corrected chi connectivity index (χ1v) is 23.9. The number of nitrogens with zero attached hydrogens (tertiary/aromatic N) is 10. The van der Waals surface area contributed by atoms with Gasteiger partial charge in [0, 0.05) is 77.1 Å². The minimum Gasteiger partial charge on any atom is -0.375 e. The van der Waals surface area contributed by atoms with Gasteiger partial charge in [-0.05, 0) is 87.8 Å². The van der Waals surface area contributed by atoms with Gasteiger partial charge in [0.15, 0.2) is 11.3 Å². The lowest BCUT2D eigenvalue weighted by molar-refractivity contribution is -0.136. The molecule has 5 aromatic rings. The summed E-state index contributed by atoms with van der Waals surface area (Å²) in [5.74, 6) is -0.121.